The first-order chi connectivity index (χ1) is 6.47. The van der Waals surface area contributed by atoms with Crippen molar-refractivity contribution in [3.05, 3.63) is 34.6 Å². The third-order valence-electron chi connectivity index (χ3n) is 2.28. The van der Waals surface area contributed by atoms with Crippen LogP contribution in [0.4, 0.5) is 4.39 Å². The second-order valence-corrected chi connectivity index (χ2v) is 4.06. The lowest BCUT2D eigenvalue weighted by Gasteiger charge is -2.23. The van der Waals surface area contributed by atoms with E-state index in [-0.39, 0.29) is 5.02 Å². The Kier molecular flexibility index (Phi) is 3.51. The van der Waals surface area contributed by atoms with Crippen LogP contribution in [0.5, 0.6) is 0 Å². The molecular formula is C11H14ClFO. The zero-order valence-corrected chi connectivity index (χ0v) is 9.11. The summed E-state index contributed by atoms with van der Waals surface area (Å²) in [5, 5.41) is 10.1. The molecule has 1 rings (SSSR count). The standard InChI is InChI=1S/C11H14ClFO/c1-3-6-11(2,14)8-4-5-9(12)10(13)7-8/h4-5,7,14H,3,6H2,1-2H3/t11-/m0/s1. The van der Waals surface area contributed by atoms with Gasteiger partial charge in [0.2, 0.25) is 0 Å². The van der Waals surface area contributed by atoms with Gasteiger partial charge in [0.05, 0.1) is 10.6 Å². The summed E-state index contributed by atoms with van der Waals surface area (Å²) >= 11 is 5.55. The van der Waals surface area contributed by atoms with E-state index in [1.165, 1.54) is 12.1 Å². The van der Waals surface area contributed by atoms with Gasteiger partial charge >= 0.3 is 0 Å². The largest absolute Gasteiger partial charge is 0.385 e. The fourth-order valence-corrected chi connectivity index (χ4v) is 1.58. The summed E-state index contributed by atoms with van der Waals surface area (Å²) in [5.41, 5.74) is -0.401. The molecule has 0 aliphatic rings. The minimum atomic E-state index is -0.972. The van der Waals surface area contributed by atoms with Gasteiger partial charge in [-0.05, 0) is 31.0 Å². The van der Waals surface area contributed by atoms with E-state index in [2.05, 4.69) is 0 Å². The highest BCUT2D eigenvalue weighted by Gasteiger charge is 2.22. The predicted octanol–water partition coefficient (Wildman–Crippen LogP) is 3.49. The van der Waals surface area contributed by atoms with E-state index in [0.29, 0.717) is 12.0 Å². The molecule has 78 valence electrons. The van der Waals surface area contributed by atoms with Gasteiger partial charge in [-0.2, -0.15) is 0 Å². The van der Waals surface area contributed by atoms with Crippen molar-refractivity contribution < 1.29 is 9.50 Å². The van der Waals surface area contributed by atoms with Crippen molar-refractivity contribution in [2.24, 2.45) is 0 Å². The van der Waals surface area contributed by atoms with Crippen molar-refractivity contribution in [3.63, 3.8) is 0 Å². The van der Waals surface area contributed by atoms with Crippen LogP contribution in [0.15, 0.2) is 18.2 Å². The van der Waals surface area contributed by atoms with E-state index in [0.717, 1.165) is 6.42 Å². The minimum absolute atomic E-state index is 0.0843. The quantitative estimate of drug-likeness (QED) is 0.820. The van der Waals surface area contributed by atoms with E-state index in [9.17, 15) is 9.50 Å². The van der Waals surface area contributed by atoms with Crippen LogP contribution in [-0.4, -0.2) is 5.11 Å². The molecule has 0 heterocycles. The van der Waals surface area contributed by atoms with E-state index in [1.807, 2.05) is 6.92 Å². The van der Waals surface area contributed by atoms with Crippen LogP contribution >= 0.6 is 11.6 Å². The lowest BCUT2D eigenvalue weighted by atomic mass is 9.91. The number of benzene rings is 1. The van der Waals surface area contributed by atoms with Crippen molar-refractivity contribution in [3.8, 4) is 0 Å². The van der Waals surface area contributed by atoms with E-state index in [4.69, 9.17) is 11.6 Å². The average molecular weight is 217 g/mol. The second-order valence-electron chi connectivity index (χ2n) is 3.65. The molecule has 0 amide bonds. The summed E-state index contributed by atoms with van der Waals surface area (Å²) in [6.07, 6.45) is 1.45. The highest BCUT2D eigenvalue weighted by atomic mass is 35.5. The first-order valence-corrected chi connectivity index (χ1v) is 5.03. The van der Waals surface area contributed by atoms with Gasteiger partial charge in [-0.1, -0.05) is 31.0 Å². The molecule has 0 saturated carbocycles. The molecule has 1 atom stereocenters. The van der Waals surface area contributed by atoms with Crippen LogP contribution in [-0.2, 0) is 5.60 Å². The molecule has 0 spiro atoms. The molecule has 0 aliphatic carbocycles. The first-order valence-electron chi connectivity index (χ1n) is 4.65. The van der Waals surface area contributed by atoms with Gasteiger partial charge in [0.15, 0.2) is 0 Å². The lowest BCUT2D eigenvalue weighted by molar-refractivity contribution is 0.0466. The zero-order valence-electron chi connectivity index (χ0n) is 8.35. The maximum Gasteiger partial charge on any atom is 0.142 e. The van der Waals surface area contributed by atoms with Crippen molar-refractivity contribution in [1.82, 2.24) is 0 Å². The van der Waals surface area contributed by atoms with Gasteiger partial charge in [-0.3, -0.25) is 0 Å². The molecule has 3 heteroatoms. The molecule has 1 aromatic carbocycles. The fraction of sp³-hybridized carbons (Fsp3) is 0.455. The number of aliphatic hydroxyl groups is 1. The molecule has 0 aliphatic heterocycles. The number of hydrogen-bond acceptors (Lipinski definition) is 1. The Labute approximate surface area is 88.5 Å². The predicted molar refractivity (Wildman–Crippen MR) is 55.9 cm³/mol. The Morgan fingerprint density at radius 1 is 1.50 bits per heavy atom. The summed E-state index contributed by atoms with van der Waals surface area (Å²) in [5.74, 6) is -0.486. The van der Waals surface area contributed by atoms with Crippen molar-refractivity contribution in [1.29, 1.82) is 0 Å². The number of hydrogen-bond donors (Lipinski definition) is 1. The van der Waals surface area contributed by atoms with Crippen LogP contribution in [0.1, 0.15) is 32.3 Å². The lowest BCUT2D eigenvalue weighted by Crippen LogP contribution is -2.20. The van der Waals surface area contributed by atoms with Crippen LogP contribution in [0.3, 0.4) is 0 Å². The molecule has 0 aromatic heterocycles. The molecule has 0 saturated heterocycles. The van der Waals surface area contributed by atoms with Crippen molar-refractivity contribution in [2.75, 3.05) is 0 Å². The molecule has 0 unspecified atom stereocenters. The molecule has 1 nitrogen and oxygen atoms in total. The van der Waals surface area contributed by atoms with Crippen LogP contribution in [0, 0.1) is 5.82 Å². The third kappa shape index (κ3) is 2.46. The van der Waals surface area contributed by atoms with Crippen molar-refractivity contribution in [2.45, 2.75) is 32.3 Å². The number of rotatable bonds is 3. The molecule has 0 bridgehead atoms. The molecule has 14 heavy (non-hydrogen) atoms. The highest BCUT2D eigenvalue weighted by molar-refractivity contribution is 6.30. The van der Waals surface area contributed by atoms with E-state index < -0.39 is 11.4 Å². The first kappa shape index (κ1) is 11.5. The SMILES string of the molecule is CCC[C@](C)(O)c1ccc(Cl)c(F)c1. The van der Waals surface area contributed by atoms with Gasteiger partial charge in [0, 0.05) is 0 Å². The highest BCUT2D eigenvalue weighted by Crippen LogP contribution is 2.28. The van der Waals surface area contributed by atoms with Crippen LogP contribution in [0.2, 0.25) is 5.02 Å². The molecule has 0 radical (unpaired) electrons. The summed E-state index contributed by atoms with van der Waals surface area (Å²) in [4.78, 5) is 0. The normalized spacial score (nSPS) is 15.2. The Morgan fingerprint density at radius 3 is 2.64 bits per heavy atom. The van der Waals surface area contributed by atoms with Gasteiger partial charge < -0.3 is 5.11 Å². The van der Waals surface area contributed by atoms with E-state index >= 15 is 0 Å². The van der Waals surface area contributed by atoms with Gasteiger partial charge in [0.25, 0.3) is 0 Å². The molecular weight excluding hydrogens is 203 g/mol. The number of halogens is 2. The smallest absolute Gasteiger partial charge is 0.142 e. The molecule has 1 N–H and O–H groups in total. The van der Waals surface area contributed by atoms with Gasteiger partial charge in [0.1, 0.15) is 5.82 Å². The van der Waals surface area contributed by atoms with Crippen LogP contribution < -0.4 is 0 Å². The second kappa shape index (κ2) is 4.28. The zero-order chi connectivity index (χ0) is 10.8. The topological polar surface area (TPSA) is 20.2 Å². The Hall–Kier alpha value is -0.600. The van der Waals surface area contributed by atoms with Gasteiger partial charge in [-0.25, -0.2) is 4.39 Å². The van der Waals surface area contributed by atoms with Crippen molar-refractivity contribution >= 4 is 11.6 Å². The summed E-state index contributed by atoms with van der Waals surface area (Å²) in [6.45, 7) is 3.65. The summed E-state index contributed by atoms with van der Waals surface area (Å²) < 4.78 is 13.1. The average Bonchev–Trinajstić information content (AvgIpc) is 2.09. The monoisotopic (exact) mass is 216 g/mol. The Morgan fingerprint density at radius 2 is 2.14 bits per heavy atom. The summed E-state index contributed by atoms with van der Waals surface area (Å²) in [6, 6.07) is 4.41. The minimum Gasteiger partial charge on any atom is -0.385 e. The maximum absolute atomic E-state index is 13.1. The third-order valence-corrected chi connectivity index (χ3v) is 2.58. The molecule has 0 fully saturated rings. The fourth-order valence-electron chi connectivity index (χ4n) is 1.46. The Balaban J connectivity index is 3.01. The Bertz CT molecular complexity index is 323. The maximum atomic E-state index is 13.1. The van der Waals surface area contributed by atoms with Gasteiger partial charge in [-0.15, -0.1) is 0 Å². The van der Waals surface area contributed by atoms with E-state index in [1.54, 1.807) is 13.0 Å². The molecule has 1 aromatic rings. The summed E-state index contributed by atoms with van der Waals surface area (Å²) in [7, 11) is 0. The van der Waals surface area contributed by atoms with Crippen LogP contribution in [0.25, 0.3) is 0 Å².